The molecular weight excluding hydrogens is 285 g/mol. The van der Waals surface area contributed by atoms with Crippen molar-refractivity contribution < 1.29 is 13.9 Å². The molecule has 0 bridgehead atoms. The topological polar surface area (TPSA) is 44.8 Å². The maximum atomic E-state index is 13.5. The van der Waals surface area contributed by atoms with Gasteiger partial charge in [0.15, 0.2) is 0 Å². The number of carbonyl (C=O) groups is 1. The van der Waals surface area contributed by atoms with Crippen molar-refractivity contribution in [3.63, 3.8) is 0 Å². The summed E-state index contributed by atoms with van der Waals surface area (Å²) < 4.78 is 18.5. The predicted molar refractivity (Wildman–Crippen MR) is 83.0 cm³/mol. The van der Waals surface area contributed by atoms with Gasteiger partial charge >= 0.3 is 0 Å². The number of methoxy groups -OCH3 is 1. The van der Waals surface area contributed by atoms with Gasteiger partial charge in [-0.25, -0.2) is 4.39 Å². The molecule has 0 spiro atoms. The maximum absolute atomic E-state index is 13.5. The predicted octanol–water partition coefficient (Wildman–Crippen LogP) is 0.706. The summed E-state index contributed by atoms with van der Waals surface area (Å²) >= 11 is 0. The van der Waals surface area contributed by atoms with Gasteiger partial charge in [0.05, 0.1) is 13.2 Å². The van der Waals surface area contributed by atoms with Crippen LogP contribution < -0.4 is 5.32 Å². The average Bonchev–Trinajstić information content (AvgIpc) is 2.53. The van der Waals surface area contributed by atoms with Gasteiger partial charge in [-0.3, -0.25) is 14.6 Å². The molecule has 1 amide bonds. The Kier molecular flexibility index (Phi) is 6.76. The van der Waals surface area contributed by atoms with Crippen LogP contribution in [0.4, 0.5) is 4.39 Å². The van der Waals surface area contributed by atoms with E-state index in [-0.39, 0.29) is 18.3 Å². The number of hydrogen-bond donors (Lipinski definition) is 1. The zero-order valence-corrected chi connectivity index (χ0v) is 13.1. The largest absolute Gasteiger partial charge is 0.383 e. The summed E-state index contributed by atoms with van der Waals surface area (Å²) in [7, 11) is 1.70. The third kappa shape index (κ3) is 5.36. The first-order valence-corrected chi connectivity index (χ1v) is 7.63. The fourth-order valence-corrected chi connectivity index (χ4v) is 2.49. The number of nitrogens with zero attached hydrogens (tertiary/aromatic N) is 2. The second-order valence-corrected chi connectivity index (χ2v) is 5.48. The Morgan fingerprint density at radius 3 is 2.59 bits per heavy atom. The summed E-state index contributed by atoms with van der Waals surface area (Å²) in [5.41, 5.74) is 0.514. The Morgan fingerprint density at radius 2 is 1.91 bits per heavy atom. The lowest BCUT2D eigenvalue weighted by Gasteiger charge is -2.34. The number of carbonyl (C=O) groups excluding carboxylic acids is 1. The lowest BCUT2D eigenvalue weighted by Crippen LogP contribution is -2.50. The number of halogens is 1. The molecule has 0 atom stereocenters. The van der Waals surface area contributed by atoms with Crippen molar-refractivity contribution in [2.75, 3.05) is 53.0 Å². The van der Waals surface area contributed by atoms with Crippen LogP contribution in [0.2, 0.25) is 0 Å². The highest BCUT2D eigenvalue weighted by Crippen LogP contribution is 2.06. The molecule has 1 saturated heterocycles. The molecule has 0 unspecified atom stereocenters. The lowest BCUT2D eigenvalue weighted by atomic mass is 10.2. The van der Waals surface area contributed by atoms with Crippen molar-refractivity contribution in [2.24, 2.45) is 0 Å². The maximum Gasteiger partial charge on any atom is 0.234 e. The average molecular weight is 309 g/mol. The summed E-state index contributed by atoms with van der Waals surface area (Å²) in [6.07, 6.45) is 0. The standard InChI is InChI=1S/C16H24FN3O2/c1-22-11-10-19-6-8-20(9-7-19)13-16(21)18-12-14-4-2-3-5-15(14)17/h2-5H,6-13H2,1H3,(H,18,21). The van der Waals surface area contributed by atoms with Crippen molar-refractivity contribution in [3.8, 4) is 0 Å². The van der Waals surface area contributed by atoms with Crippen molar-refractivity contribution in [3.05, 3.63) is 35.6 Å². The SMILES string of the molecule is COCCN1CCN(CC(=O)NCc2ccccc2F)CC1. The van der Waals surface area contributed by atoms with E-state index in [0.29, 0.717) is 12.1 Å². The van der Waals surface area contributed by atoms with E-state index in [1.165, 1.54) is 6.07 Å². The third-order valence-electron chi connectivity index (χ3n) is 3.88. The fourth-order valence-electron chi connectivity index (χ4n) is 2.49. The van der Waals surface area contributed by atoms with Crippen LogP contribution in [-0.2, 0) is 16.1 Å². The molecule has 122 valence electrons. The van der Waals surface area contributed by atoms with E-state index in [9.17, 15) is 9.18 Å². The van der Waals surface area contributed by atoms with E-state index in [0.717, 1.165) is 39.3 Å². The Balaban J connectivity index is 1.67. The molecule has 1 aromatic rings. The lowest BCUT2D eigenvalue weighted by molar-refractivity contribution is -0.122. The Hall–Kier alpha value is -1.50. The molecule has 0 radical (unpaired) electrons. The second-order valence-electron chi connectivity index (χ2n) is 5.48. The van der Waals surface area contributed by atoms with Crippen molar-refractivity contribution in [1.29, 1.82) is 0 Å². The van der Waals surface area contributed by atoms with Gasteiger partial charge in [-0.2, -0.15) is 0 Å². The van der Waals surface area contributed by atoms with Crippen LogP contribution in [0.5, 0.6) is 0 Å². The number of ether oxygens (including phenoxy) is 1. The first kappa shape index (κ1) is 16.9. The molecule has 6 heteroatoms. The van der Waals surface area contributed by atoms with Gasteiger partial charge in [-0.05, 0) is 6.07 Å². The molecule has 0 aromatic heterocycles. The zero-order chi connectivity index (χ0) is 15.8. The van der Waals surface area contributed by atoms with E-state index < -0.39 is 0 Å². The van der Waals surface area contributed by atoms with Crippen LogP contribution in [-0.4, -0.2) is 68.7 Å². The third-order valence-corrected chi connectivity index (χ3v) is 3.88. The summed E-state index contributed by atoms with van der Waals surface area (Å²) in [6, 6.07) is 6.50. The normalized spacial score (nSPS) is 16.6. The number of piperazine rings is 1. The minimum absolute atomic E-state index is 0.0615. The van der Waals surface area contributed by atoms with Crippen molar-refractivity contribution in [1.82, 2.24) is 15.1 Å². The minimum atomic E-state index is -0.283. The molecule has 1 aromatic carbocycles. The van der Waals surface area contributed by atoms with Crippen LogP contribution in [0.1, 0.15) is 5.56 Å². The smallest absolute Gasteiger partial charge is 0.234 e. The zero-order valence-electron chi connectivity index (χ0n) is 13.1. The highest BCUT2D eigenvalue weighted by atomic mass is 19.1. The van der Waals surface area contributed by atoms with Gasteiger partial charge in [-0.1, -0.05) is 18.2 Å². The molecule has 0 aliphatic carbocycles. The second kappa shape index (κ2) is 8.82. The van der Waals surface area contributed by atoms with E-state index in [2.05, 4.69) is 15.1 Å². The first-order chi connectivity index (χ1) is 10.7. The molecule has 1 aliphatic rings. The molecule has 1 aliphatic heterocycles. The Bertz CT molecular complexity index is 476. The van der Waals surface area contributed by atoms with Crippen LogP contribution in [0.3, 0.4) is 0 Å². The van der Waals surface area contributed by atoms with E-state index in [1.807, 2.05) is 0 Å². The highest BCUT2D eigenvalue weighted by molar-refractivity contribution is 5.78. The Labute approximate surface area is 131 Å². The monoisotopic (exact) mass is 309 g/mol. The Morgan fingerprint density at radius 1 is 1.23 bits per heavy atom. The van der Waals surface area contributed by atoms with E-state index in [1.54, 1.807) is 25.3 Å². The fraction of sp³-hybridized carbons (Fsp3) is 0.562. The summed E-state index contributed by atoms with van der Waals surface area (Å²) in [5, 5.41) is 2.78. The van der Waals surface area contributed by atoms with Crippen LogP contribution >= 0.6 is 0 Å². The molecule has 5 nitrogen and oxygen atoms in total. The molecule has 2 rings (SSSR count). The van der Waals surface area contributed by atoms with Gasteiger partial charge in [0, 0.05) is 51.9 Å². The quantitative estimate of drug-likeness (QED) is 0.805. The van der Waals surface area contributed by atoms with Crippen LogP contribution in [0, 0.1) is 5.82 Å². The number of hydrogen-bond acceptors (Lipinski definition) is 4. The number of rotatable bonds is 7. The van der Waals surface area contributed by atoms with Gasteiger partial charge < -0.3 is 10.1 Å². The summed E-state index contributed by atoms with van der Waals surface area (Å²) in [6.45, 7) is 5.92. The van der Waals surface area contributed by atoms with Crippen molar-refractivity contribution in [2.45, 2.75) is 6.54 Å². The summed E-state index contributed by atoms with van der Waals surface area (Å²) in [4.78, 5) is 16.4. The number of nitrogens with one attached hydrogen (secondary N) is 1. The van der Waals surface area contributed by atoms with Gasteiger partial charge in [-0.15, -0.1) is 0 Å². The molecule has 0 saturated carbocycles. The minimum Gasteiger partial charge on any atom is -0.383 e. The van der Waals surface area contributed by atoms with Gasteiger partial charge in [0.1, 0.15) is 5.82 Å². The number of amides is 1. The highest BCUT2D eigenvalue weighted by Gasteiger charge is 2.18. The molecular formula is C16H24FN3O2. The van der Waals surface area contributed by atoms with E-state index >= 15 is 0 Å². The molecule has 1 N–H and O–H groups in total. The van der Waals surface area contributed by atoms with Crippen molar-refractivity contribution >= 4 is 5.91 Å². The van der Waals surface area contributed by atoms with Gasteiger partial charge in [0.2, 0.25) is 5.91 Å². The number of benzene rings is 1. The molecule has 22 heavy (non-hydrogen) atoms. The molecule has 1 heterocycles. The summed E-state index contributed by atoms with van der Waals surface area (Å²) in [5.74, 6) is -0.344. The van der Waals surface area contributed by atoms with Gasteiger partial charge in [0.25, 0.3) is 0 Å². The van der Waals surface area contributed by atoms with Crippen LogP contribution in [0.15, 0.2) is 24.3 Å². The van der Waals surface area contributed by atoms with Crippen LogP contribution in [0.25, 0.3) is 0 Å². The first-order valence-electron chi connectivity index (χ1n) is 7.63. The molecule has 1 fully saturated rings. The van der Waals surface area contributed by atoms with E-state index in [4.69, 9.17) is 4.74 Å².